The third-order valence-corrected chi connectivity index (χ3v) is 2.79. The van der Waals surface area contributed by atoms with Gasteiger partial charge in [-0.05, 0) is 24.6 Å². The number of fused-ring (bicyclic) bond motifs is 1. The summed E-state index contributed by atoms with van der Waals surface area (Å²) in [6, 6.07) is 11.7. The van der Waals surface area contributed by atoms with E-state index in [1.165, 1.54) is 0 Å². The molecule has 0 aliphatic carbocycles. The van der Waals surface area contributed by atoms with Crippen LogP contribution in [0.25, 0.3) is 0 Å². The molecule has 0 bridgehead atoms. The summed E-state index contributed by atoms with van der Waals surface area (Å²) >= 11 is 0. The Labute approximate surface area is 105 Å². The minimum Gasteiger partial charge on any atom is -0.383 e. The molecule has 0 fully saturated rings. The van der Waals surface area contributed by atoms with Gasteiger partial charge in [0, 0.05) is 17.3 Å². The number of aryl methyl sites for hydroxylation is 1. The first-order chi connectivity index (χ1) is 8.74. The highest BCUT2D eigenvalue weighted by Gasteiger charge is 2.18. The van der Waals surface area contributed by atoms with Crippen molar-refractivity contribution in [2.75, 3.05) is 0 Å². The third-order valence-electron chi connectivity index (χ3n) is 2.79. The summed E-state index contributed by atoms with van der Waals surface area (Å²) in [5.41, 5.74) is 8.88. The SMILES string of the molecule is Cc1ccnc(N=C2N=C(N)c3ccccc32)c1. The molecular formula is C14H12N4. The predicted molar refractivity (Wildman–Crippen MR) is 72.3 cm³/mol. The van der Waals surface area contributed by atoms with Crippen molar-refractivity contribution in [1.29, 1.82) is 0 Å². The van der Waals surface area contributed by atoms with Crippen LogP contribution in [0.4, 0.5) is 5.82 Å². The molecule has 1 aromatic heterocycles. The minimum atomic E-state index is 0.511. The number of nitrogens with zero attached hydrogens (tertiary/aromatic N) is 3. The number of amidine groups is 2. The lowest BCUT2D eigenvalue weighted by atomic mass is 10.1. The first kappa shape index (κ1) is 10.7. The van der Waals surface area contributed by atoms with Crippen molar-refractivity contribution < 1.29 is 0 Å². The minimum absolute atomic E-state index is 0.511. The van der Waals surface area contributed by atoms with Gasteiger partial charge in [0.25, 0.3) is 0 Å². The first-order valence-electron chi connectivity index (χ1n) is 5.69. The summed E-state index contributed by atoms with van der Waals surface area (Å²) in [4.78, 5) is 12.9. The van der Waals surface area contributed by atoms with Gasteiger partial charge in [0.15, 0.2) is 11.7 Å². The Morgan fingerprint density at radius 1 is 1.11 bits per heavy atom. The van der Waals surface area contributed by atoms with Gasteiger partial charge in [0.05, 0.1) is 0 Å². The summed E-state index contributed by atoms with van der Waals surface area (Å²) in [5, 5.41) is 0. The molecule has 2 N–H and O–H groups in total. The Morgan fingerprint density at radius 3 is 2.67 bits per heavy atom. The van der Waals surface area contributed by atoms with Gasteiger partial charge in [-0.3, -0.25) is 0 Å². The lowest BCUT2D eigenvalue weighted by molar-refractivity contribution is 1.24. The smallest absolute Gasteiger partial charge is 0.164 e. The zero-order valence-electron chi connectivity index (χ0n) is 9.96. The summed E-state index contributed by atoms with van der Waals surface area (Å²) < 4.78 is 0. The number of hydrogen-bond acceptors (Lipinski definition) is 3. The molecule has 0 saturated heterocycles. The van der Waals surface area contributed by atoms with E-state index in [0.29, 0.717) is 17.5 Å². The topological polar surface area (TPSA) is 63.6 Å². The summed E-state index contributed by atoms with van der Waals surface area (Å²) in [6.07, 6.45) is 1.74. The molecule has 4 nitrogen and oxygen atoms in total. The molecule has 88 valence electrons. The highest BCUT2D eigenvalue weighted by molar-refractivity contribution is 6.22. The molecule has 0 saturated carbocycles. The van der Waals surface area contributed by atoms with E-state index in [2.05, 4.69) is 15.0 Å². The van der Waals surface area contributed by atoms with Gasteiger partial charge in [0.2, 0.25) is 0 Å². The number of pyridine rings is 1. The lowest BCUT2D eigenvalue weighted by Crippen LogP contribution is -2.09. The van der Waals surface area contributed by atoms with Crippen LogP contribution in [0, 0.1) is 6.92 Å². The zero-order chi connectivity index (χ0) is 12.5. The standard InChI is InChI=1S/C14H12N4/c1-9-6-7-16-12(8-9)17-14-11-5-3-2-4-10(11)13(15)18-14/h2-8H,1H3,(H2,15,16,17,18). The van der Waals surface area contributed by atoms with Crippen LogP contribution in [0.2, 0.25) is 0 Å². The van der Waals surface area contributed by atoms with E-state index in [0.717, 1.165) is 16.7 Å². The van der Waals surface area contributed by atoms with Gasteiger partial charge in [-0.2, -0.15) is 0 Å². The van der Waals surface area contributed by atoms with Crippen LogP contribution in [0.1, 0.15) is 16.7 Å². The largest absolute Gasteiger partial charge is 0.383 e. The molecular weight excluding hydrogens is 224 g/mol. The van der Waals surface area contributed by atoms with Crippen LogP contribution in [0.15, 0.2) is 52.6 Å². The van der Waals surface area contributed by atoms with E-state index in [1.54, 1.807) is 6.20 Å². The van der Waals surface area contributed by atoms with Crippen LogP contribution in [0.5, 0.6) is 0 Å². The van der Waals surface area contributed by atoms with E-state index in [9.17, 15) is 0 Å². The number of benzene rings is 1. The number of nitrogens with two attached hydrogens (primary N) is 1. The van der Waals surface area contributed by atoms with Crippen LogP contribution >= 0.6 is 0 Å². The van der Waals surface area contributed by atoms with Crippen molar-refractivity contribution in [2.24, 2.45) is 15.7 Å². The maximum atomic E-state index is 5.87. The van der Waals surface area contributed by atoms with Crippen molar-refractivity contribution in [3.8, 4) is 0 Å². The summed E-state index contributed by atoms with van der Waals surface area (Å²) in [7, 11) is 0. The molecule has 1 aliphatic rings. The zero-order valence-corrected chi connectivity index (χ0v) is 9.96. The van der Waals surface area contributed by atoms with Crippen LogP contribution in [-0.2, 0) is 0 Å². The second-order valence-corrected chi connectivity index (χ2v) is 4.17. The van der Waals surface area contributed by atoms with E-state index >= 15 is 0 Å². The Balaban J connectivity index is 2.10. The van der Waals surface area contributed by atoms with Gasteiger partial charge in [-0.15, -0.1) is 0 Å². The molecule has 1 aromatic carbocycles. The predicted octanol–water partition coefficient (Wildman–Crippen LogP) is 2.19. The molecule has 0 spiro atoms. The van der Waals surface area contributed by atoms with Gasteiger partial charge in [0.1, 0.15) is 5.84 Å². The van der Waals surface area contributed by atoms with Gasteiger partial charge >= 0.3 is 0 Å². The Hall–Kier alpha value is -2.49. The quantitative estimate of drug-likeness (QED) is 0.824. The fourth-order valence-corrected chi connectivity index (χ4v) is 1.91. The average molecular weight is 236 g/mol. The van der Waals surface area contributed by atoms with Crippen molar-refractivity contribution in [1.82, 2.24) is 4.98 Å². The van der Waals surface area contributed by atoms with E-state index < -0.39 is 0 Å². The highest BCUT2D eigenvalue weighted by Crippen LogP contribution is 2.20. The molecule has 2 heterocycles. The maximum absolute atomic E-state index is 5.87. The highest BCUT2D eigenvalue weighted by atomic mass is 15.0. The second kappa shape index (κ2) is 4.07. The van der Waals surface area contributed by atoms with Crippen molar-refractivity contribution in [3.05, 3.63) is 59.3 Å². The van der Waals surface area contributed by atoms with Crippen LogP contribution in [0.3, 0.4) is 0 Å². The number of rotatable bonds is 1. The van der Waals surface area contributed by atoms with Gasteiger partial charge < -0.3 is 5.73 Å². The molecule has 1 aliphatic heterocycles. The number of aliphatic imine (C=N–C) groups is 2. The summed E-state index contributed by atoms with van der Waals surface area (Å²) in [5.74, 6) is 1.79. The fraction of sp³-hybridized carbons (Fsp3) is 0.0714. The Bertz CT molecular complexity index is 671. The Kier molecular flexibility index (Phi) is 2.41. The van der Waals surface area contributed by atoms with E-state index in [-0.39, 0.29) is 0 Å². The van der Waals surface area contributed by atoms with Gasteiger partial charge in [-0.25, -0.2) is 15.0 Å². The summed E-state index contributed by atoms with van der Waals surface area (Å²) in [6.45, 7) is 2.01. The average Bonchev–Trinajstić information content (AvgIpc) is 2.67. The molecule has 0 radical (unpaired) electrons. The molecule has 0 amide bonds. The van der Waals surface area contributed by atoms with Crippen LogP contribution < -0.4 is 5.73 Å². The van der Waals surface area contributed by atoms with E-state index in [1.807, 2.05) is 43.3 Å². The second-order valence-electron chi connectivity index (χ2n) is 4.17. The Morgan fingerprint density at radius 2 is 1.89 bits per heavy atom. The lowest BCUT2D eigenvalue weighted by Gasteiger charge is -1.99. The molecule has 4 heteroatoms. The number of hydrogen-bond donors (Lipinski definition) is 1. The fourth-order valence-electron chi connectivity index (χ4n) is 1.91. The van der Waals surface area contributed by atoms with Crippen molar-refractivity contribution in [3.63, 3.8) is 0 Å². The molecule has 18 heavy (non-hydrogen) atoms. The molecule has 0 unspecified atom stereocenters. The van der Waals surface area contributed by atoms with Crippen molar-refractivity contribution in [2.45, 2.75) is 6.92 Å². The maximum Gasteiger partial charge on any atom is 0.164 e. The molecule has 3 rings (SSSR count). The third kappa shape index (κ3) is 1.78. The molecule has 0 atom stereocenters. The molecule has 2 aromatic rings. The normalized spacial score (nSPS) is 15.6. The van der Waals surface area contributed by atoms with Crippen LogP contribution in [-0.4, -0.2) is 16.7 Å². The monoisotopic (exact) mass is 236 g/mol. The number of aromatic nitrogens is 1. The van der Waals surface area contributed by atoms with E-state index in [4.69, 9.17) is 5.73 Å². The first-order valence-corrected chi connectivity index (χ1v) is 5.69. The van der Waals surface area contributed by atoms with Crippen molar-refractivity contribution >= 4 is 17.5 Å². The van der Waals surface area contributed by atoms with Gasteiger partial charge in [-0.1, -0.05) is 24.3 Å².